The van der Waals surface area contributed by atoms with Gasteiger partial charge < -0.3 is 20.9 Å². The Morgan fingerprint density at radius 1 is 1.21 bits per heavy atom. The molecule has 3 rings (SSSR count). The number of hydrogen-bond acceptors (Lipinski definition) is 7. The van der Waals surface area contributed by atoms with Gasteiger partial charge in [0.2, 0.25) is 5.91 Å². The molecule has 5 atom stereocenters. The van der Waals surface area contributed by atoms with Crippen molar-refractivity contribution in [2.45, 2.75) is 71.7 Å². The number of aliphatic carboxylic acids is 1. The van der Waals surface area contributed by atoms with Crippen molar-refractivity contribution < 1.29 is 24.2 Å². The van der Waals surface area contributed by atoms with Crippen molar-refractivity contribution in [2.24, 2.45) is 17.6 Å². The molecule has 1 aromatic carbocycles. The largest absolute Gasteiger partial charge is 0.480 e. The van der Waals surface area contributed by atoms with E-state index >= 15 is 0 Å². The maximum Gasteiger partial charge on any atom is 0.322 e. The summed E-state index contributed by atoms with van der Waals surface area (Å²) >= 11 is 0. The normalized spacial score (nSPS) is 19.2. The Bertz CT molecular complexity index is 1200. The number of carbonyl (C=O) groups is 3. The zero-order valence-electron chi connectivity index (χ0n) is 23.4. The Hall–Kier alpha value is -3.34. The molecule has 10 nitrogen and oxygen atoms in total. The number of nitrogens with two attached hydrogens (primary N) is 1. The number of aromatic nitrogens is 1. The van der Waals surface area contributed by atoms with E-state index in [-0.39, 0.29) is 29.7 Å². The fourth-order valence-electron chi connectivity index (χ4n) is 4.38. The molecule has 1 aromatic heterocycles. The third-order valence-corrected chi connectivity index (χ3v) is 6.70. The van der Waals surface area contributed by atoms with Crippen LogP contribution in [-0.2, 0) is 19.1 Å². The highest BCUT2D eigenvalue weighted by molar-refractivity contribution is 5.89. The number of nitrogens with zero attached hydrogens (tertiary/aromatic N) is 2. The van der Waals surface area contributed by atoms with E-state index in [9.17, 15) is 19.5 Å². The molecule has 1 unspecified atom stereocenters. The summed E-state index contributed by atoms with van der Waals surface area (Å²) in [5, 5.41) is 14.3. The van der Waals surface area contributed by atoms with Crippen LogP contribution in [0.2, 0.25) is 0 Å². The average molecular weight is 540 g/mol. The van der Waals surface area contributed by atoms with E-state index in [1.807, 2.05) is 70.2 Å². The number of ether oxygens (including phenoxy) is 1. The molecule has 2 heterocycles. The van der Waals surface area contributed by atoms with Gasteiger partial charge in [0.15, 0.2) is 0 Å². The lowest BCUT2D eigenvalue weighted by molar-refractivity contribution is -0.149. The summed E-state index contributed by atoms with van der Waals surface area (Å²) < 4.78 is 5.99. The first kappa shape index (κ1) is 30.2. The van der Waals surface area contributed by atoms with Crippen molar-refractivity contribution in [3.05, 3.63) is 47.7 Å². The lowest BCUT2D eigenvalue weighted by atomic mass is 10.0. The average Bonchev–Trinajstić information content (AvgIpc) is 2.90. The van der Waals surface area contributed by atoms with E-state index in [1.54, 1.807) is 6.92 Å². The van der Waals surface area contributed by atoms with E-state index in [0.29, 0.717) is 26.0 Å². The Kier molecular flexibility index (Phi) is 10.6. The van der Waals surface area contributed by atoms with E-state index in [4.69, 9.17) is 10.5 Å². The molecule has 1 aliphatic rings. The highest BCUT2D eigenvalue weighted by atomic mass is 16.5. The summed E-state index contributed by atoms with van der Waals surface area (Å²) in [6, 6.07) is 8.25. The molecule has 0 aliphatic carbocycles. The van der Waals surface area contributed by atoms with Gasteiger partial charge in [-0.05, 0) is 56.2 Å². The minimum Gasteiger partial charge on any atom is -0.480 e. The Morgan fingerprint density at radius 2 is 1.92 bits per heavy atom. The number of fused-ring (bicyclic) bond motifs is 1. The predicted molar refractivity (Wildman–Crippen MR) is 150 cm³/mol. The van der Waals surface area contributed by atoms with Crippen molar-refractivity contribution in [1.82, 2.24) is 20.7 Å². The van der Waals surface area contributed by atoms with Crippen molar-refractivity contribution in [2.75, 3.05) is 13.2 Å². The minimum absolute atomic E-state index is 0.0302. The standard InChI is InChI=1S/C29H41N5O5/c1-17(2)26(27(35)31-20(5)28(36)34-14-6-7-24(33-34)29(37)38)39-16-18(3)8-9-21-10-11-22-12-13-23(19(4)30)32-25(22)15-21/h8-13,15,17-20,24,26,33H,6-7,14,16,30H2,1-5H3,(H,31,35)(H,37,38)/b9-8+/t18?,19-,20+,24+,26+/m1/s1. The van der Waals surface area contributed by atoms with Gasteiger partial charge in [-0.2, -0.15) is 0 Å². The van der Waals surface area contributed by atoms with Crippen molar-refractivity contribution in [3.63, 3.8) is 0 Å². The van der Waals surface area contributed by atoms with E-state index in [2.05, 4.69) is 15.7 Å². The molecule has 10 heteroatoms. The van der Waals surface area contributed by atoms with Crippen LogP contribution < -0.4 is 16.5 Å². The van der Waals surface area contributed by atoms with E-state index in [1.165, 1.54) is 5.01 Å². The lowest BCUT2D eigenvalue weighted by Gasteiger charge is -2.34. The number of rotatable bonds is 11. The highest BCUT2D eigenvalue weighted by Gasteiger charge is 2.32. The van der Waals surface area contributed by atoms with Crippen LogP contribution >= 0.6 is 0 Å². The van der Waals surface area contributed by atoms with Crippen LogP contribution in [-0.4, -0.2) is 64.2 Å². The second kappa shape index (κ2) is 13.6. The molecular weight excluding hydrogens is 498 g/mol. The molecule has 1 aliphatic heterocycles. The Labute approximate surface area is 229 Å². The van der Waals surface area contributed by atoms with Crippen molar-refractivity contribution >= 4 is 34.8 Å². The van der Waals surface area contributed by atoms with Gasteiger partial charge in [0, 0.05) is 18.0 Å². The first-order valence-corrected chi connectivity index (χ1v) is 13.5. The Morgan fingerprint density at radius 3 is 2.59 bits per heavy atom. The molecule has 0 radical (unpaired) electrons. The minimum atomic E-state index is -1.01. The lowest BCUT2D eigenvalue weighted by Crippen LogP contribution is -2.60. The molecule has 5 N–H and O–H groups in total. The van der Waals surface area contributed by atoms with Crippen LogP contribution in [0.4, 0.5) is 0 Å². The maximum absolute atomic E-state index is 13.0. The SMILES string of the molecule is CC(/C=C/c1ccc2ccc([C@@H](C)N)nc2c1)CO[C@H](C(=O)N[C@@H](C)C(=O)N1CCC[C@@H](C(=O)O)N1)C(C)C. The number of pyridine rings is 1. The molecule has 0 spiro atoms. The van der Waals surface area contributed by atoms with Crippen LogP contribution in [0.3, 0.4) is 0 Å². The van der Waals surface area contributed by atoms with Crippen molar-refractivity contribution in [3.8, 4) is 0 Å². The molecule has 39 heavy (non-hydrogen) atoms. The predicted octanol–water partition coefficient (Wildman–Crippen LogP) is 3.03. The van der Waals surface area contributed by atoms with Gasteiger partial charge in [-0.1, -0.05) is 51.1 Å². The van der Waals surface area contributed by atoms with E-state index < -0.39 is 24.2 Å². The molecular formula is C29H41N5O5. The first-order chi connectivity index (χ1) is 18.5. The number of carbonyl (C=O) groups excluding carboxylic acids is 2. The Balaban J connectivity index is 1.55. The quantitative estimate of drug-likeness (QED) is 0.341. The van der Waals surface area contributed by atoms with Crippen LogP contribution in [0, 0.1) is 11.8 Å². The number of hydrazine groups is 1. The van der Waals surface area contributed by atoms with Crippen LogP contribution in [0.1, 0.15) is 64.8 Å². The number of nitrogens with one attached hydrogen (secondary N) is 2. The molecule has 2 amide bonds. The summed E-state index contributed by atoms with van der Waals surface area (Å²) in [6.07, 6.45) is 4.32. The smallest absolute Gasteiger partial charge is 0.322 e. The number of carboxylic acid groups (broad SMARTS) is 1. The number of benzene rings is 1. The van der Waals surface area contributed by atoms with Gasteiger partial charge >= 0.3 is 5.97 Å². The second-order valence-corrected chi connectivity index (χ2v) is 10.7. The van der Waals surface area contributed by atoms with Crippen LogP contribution in [0.25, 0.3) is 17.0 Å². The summed E-state index contributed by atoms with van der Waals surface area (Å²) in [7, 11) is 0. The van der Waals surface area contributed by atoms with Gasteiger partial charge in [-0.3, -0.25) is 24.4 Å². The second-order valence-electron chi connectivity index (χ2n) is 10.7. The summed E-state index contributed by atoms with van der Waals surface area (Å²) in [4.78, 5) is 41.7. The third-order valence-electron chi connectivity index (χ3n) is 6.70. The molecule has 0 bridgehead atoms. The molecule has 2 aromatic rings. The molecule has 0 saturated carbocycles. The zero-order chi connectivity index (χ0) is 28.7. The topological polar surface area (TPSA) is 147 Å². The van der Waals surface area contributed by atoms with Gasteiger partial charge in [0.05, 0.1) is 17.8 Å². The van der Waals surface area contributed by atoms with E-state index in [0.717, 1.165) is 22.2 Å². The zero-order valence-corrected chi connectivity index (χ0v) is 23.4. The maximum atomic E-state index is 13.0. The van der Waals surface area contributed by atoms with Gasteiger partial charge in [-0.15, -0.1) is 0 Å². The van der Waals surface area contributed by atoms with Crippen LogP contribution in [0.15, 0.2) is 36.4 Å². The number of hydrogen-bond donors (Lipinski definition) is 4. The molecule has 1 fully saturated rings. The summed E-state index contributed by atoms with van der Waals surface area (Å²) in [5.41, 5.74) is 11.4. The first-order valence-electron chi connectivity index (χ1n) is 13.5. The molecule has 212 valence electrons. The number of amides is 2. The van der Waals surface area contributed by atoms with Crippen molar-refractivity contribution in [1.29, 1.82) is 0 Å². The molecule has 1 saturated heterocycles. The third kappa shape index (κ3) is 8.32. The highest BCUT2D eigenvalue weighted by Crippen LogP contribution is 2.19. The van der Waals surface area contributed by atoms with Gasteiger partial charge in [0.1, 0.15) is 18.2 Å². The van der Waals surface area contributed by atoms with Gasteiger partial charge in [-0.25, -0.2) is 5.43 Å². The van der Waals surface area contributed by atoms with Gasteiger partial charge in [0.25, 0.3) is 5.91 Å². The fourth-order valence-corrected chi connectivity index (χ4v) is 4.38. The monoisotopic (exact) mass is 539 g/mol. The summed E-state index contributed by atoms with van der Waals surface area (Å²) in [5.74, 6) is -1.85. The summed E-state index contributed by atoms with van der Waals surface area (Å²) in [6.45, 7) is 9.99. The fraction of sp³-hybridized carbons (Fsp3) is 0.517. The van der Waals surface area contributed by atoms with Crippen LogP contribution in [0.5, 0.6) is 0 Å². The number of carboxylic acids is 1.